The third-order valence-corrected chi connectivity index (χ3v) is 7.00. The number of hydrogen-bond donors (Lipinski definition) is 0. The van der Waals surface area contributed by atoms with Crippen LogP contribution in [0.3, 0.4) is 0 Å². The van der Waals surface area contributed by atoms with Crippen molar-refractivity contribution in [3.05, 3.63) is 53.1 Å². The van der Waals surface area contributed by atoms with Gasteiger partial charge < -0.3 is 14.2 Å². The molecule has 1 saturated carbocycles. The van der Waals surface area contributed by atoms with E-state index in [1.54, 1.807) is 51.5 Å². The van der Waals surface area contributed by atoms with E-state index in [1.165, 1.54) is 17.5 Å². The lowest BCUT2D eigenvalue weighted by Gasteiger charge is -2.24. The van der Waals surface area contributed by atoms with Crippen molar-refractivity contribution in [1.82, 2.24) is 4.31 Å². The smallest absolute Gasteiger partial charge is 0.337 e. The summed E-state index contributed by atoms with van der Waals surface area (Å²) in [6.07, 6.45) is 1.59. The molecule has 7 nitrogen and oxygen atoms in total. The number of hydrogen-bond acceptors (Lipinski definition) is 6. The van der Waals surface area contributed by atoms with Gasteiger partial charge in [0.1, 0.15) is 11.5 Å². The minimum Gasteiger partial charge on any atom is -0.497 e. The van der Waals surface area contributed by atoms with Crippen LogP contribution in [0.2, 0.25) is 0 Å². The van der Waals surface area contributed by atoms with Crippen molar-refractivity contribution in [2.24, 2.45) is 0 Å². The normalized spacial score (nSPS) is 14.0. The summed E-state index contributed by atoms with van der Waals surface area (Å²) in [6, 6.07) is 9.79. The largest absolute Gasteiger partial charge is 0.497 e. The fourth-order valence-corrected chi connectivity index (χ4v) is 5.11. The first-order valence-corrected chi connectivity index (χ1v) is 10.7. The summed E-state index contributed by atoms with van der Waals surface area (Å²) < 4.78 is 44.0. The monoisotopic (exact) mass is 419 g/mol. The van der Waals surface area contributed by atoms with E-state index in [-0.39, 0.29) is 23.0 Å². The minimum atomic E-state index is -3.85. The minimum absolute atomic E-state index is 0.0860. The fourth-order valence-electron chi connectivity index (χ4n) is 3.20. The van der Waals surface area contributed by atoms with Crippen molar-refractivity contribution in [3.63, 3.8) is 0 Å². The topological polar surface area (TPSA) is 82.1 Å². The molecule has 29 heavy (non-hydrogen) atoms. The molecule has 3 rings (SSSR count). The Balaban J connectivity index is 2.03. The van der Waals surface area contributed by atoms with Gasteiger partial charge in [-0.3, -0.25) is 0 Å². The first kappa shape index (κ1) is 21.1. The third kappa shape index (κ3) is 4.38. The molecule has 0 unspecified atom stereocenters. The lowest BCUT2D eigenvalue weighted by atomic mass is 10.1. The quantitative estimate of drug-likeness (QED) is 0.612. The lowest BCUT2D eigenvalue weighted by Crippen LogP contribution is -2.33. The highest BCUT2D eigenvalue weighted by atomic mass is 32.2. The van der Waals surface area contributed by atoms with Crippen LogP contribution in [-0.4, -0.2) is 46.1 Å². The summed E-state index contributed by atoms with van der Waals surface area (Å²) in [4.78, 5) is 12.0. The van der Waals surface area contributed by atoms with E-state index in [0.29, 0.717) is 22.6 Å². The van der Waals surface area contributed by atoms with Crippen LogP contribution in [0.1, 0.15) is 34.3 Å². The maximum atomic E-state index is 13.6. The van der Waals surface area contributed by atoms with Gasteiger partial charge in [0.25, 0.3) is 0 Å². The zero-order valence-corrected chi connectivity index (χ0v) is 17.8. The van der Waals surface area contributed by atoms with Crippen LogP contribution in [0.4, 0.5) is 0 Å². The van der Waals surface area contributed by atoms with Crippen LogP contribution < -0.4 is 9.47 Å². The number of ether oxygens (including phenoxy) is 3. The highest BCUT2D eigenvalue weighted by molar-refractivity contribution is 7.89. The van der Waals surface area contributed by atoms with E-state index in [9.17, 15) is 13.2 Å². The van der Waals surface area contributed by atoms with Gasteiger partial charge in [-0.2, -0.15) is 4.31 Å². The standard InChI is InChI=1S/C21H25NO6S/c1-14-5-6-15(21(23)28-4)12-20(14)29(24,25)22(17-7-8-17)13-16-11-18(26-2)9-10-19(16)27-3/h5-6,9-12,17H,7-8,13H2,1-4H3. The van der Waals surface area contributed by atoms with Crippen molar-refractivity contribution >= 4 is 16.0 Å². The molecule has 1 fully saturated rings. The van der Waals surface area contributed by atoms with Crippen molar-refractivity contribution < 1.29 is 27.4 Å². The zero-order valence-electron chi connectivity index (χ0n) is 17.0. The van der Waals surface area contributed by atoms with Gasteiger partial charge in [0.05, 0.1) is 31.8 Å². The molecule has 0 aromatic heterocycles. The highest BCUT2D eigenvalue weighted by Crippen LogP contribution is 2.36. The molecule has 0 radical (unpaired) electrons. The van der Waals surface area contributed by atoms with E-state index in [4.69, 9.17) is 14.2 Å². The molecular formula is C21H25NO6S. The number of carbonyl (C=O) groups is 1. The van der Waals surface area contributed by atoms with E-state index >= 15 is 0 Å². The maximum Gasteiger partial charge on any atom is 0.337 e. The fraction of sp³-hybridized carbons (Fsp3) is 0.381. The van der Waals surface area contributed by atoms with Crippen LogP contribution in [-0.2, 0) is 21.3 Å². The first-order valence-electron chi connectivity index (χ1n) is 9.23. The number of rotatable bonds is 8. The molecule has 0 bridgehead atoms. The summed E-state index contributed by atoms with van der Waals surface area (Å²) in [6.45, 7) is 1.86. The van der Waals surface area contributed by atoms with E-state index in [0.717, 1.165) is 12.8 Å². The molecule has 1 aliphatic rings. The van der Waals surface area contributed by atoms with Crippen molar-refractivity contribution in [1.29, 1.82) is 0 Å². The number of carbonyl (C=O) groups excluding carboxylic acids is 1. The Bertz CT molecular complexity index is 1010. The summed E-state index contributed by atoms with van der Waals surface area (Å²) in [5.74, 6) is 0.637. The second kappa shape index (κ2) is 8.42. The van der Waals surface area contributed by atoms with Crippen LogP contribution in [0, 0.1) is 6.92 Å². The van der Waals surface area contributed by atoms with E-state index in [2.05, 4.69) is 0 Å². The predicted molar refractivity (Wildman–Crippen MR) is 108 cm³/mol. The molecule has 8 heteroatoms. The van der Waals surface area contributed by atoms with E-state index in [1.807, 2.05) is 0 Å². The molecule has 156 valence electrons. The van der Waals surface area contributed by atoms with Crippen molar-refractivity contribution in [3.8, 4) is 11.5 Å². The van der Waals surface area contributed by atoms with E-state index < -0.39 is 16.0 Å². The number of esters is 1. The van der Waals surface area contributed by atoms with Gasteiger partial charge in [-0.1, -0.05) is 6.07 Å². The first-order chi connectivity index (χ1) is 13.8. The second-order valence-corrected chi connectivity index (χ2v) is 8.79. The van der Waals surface area contributed by atoms with Crippen LogP contribution in [0.25, 0.3) is 0 Å². The molecule has 1 aliphatic carbocycles. The molecule has 0 spiro atoms. The number of nitrogens with zero attached hydrogens (tertiary/aromatic N) is 1. The third-order valence-electron chi connectivity index (χ3n) is 4.96. The molecule has 0 amide bonds. The molecular weight excluding hydrogens is 394 g/mol. The number of aryl methyl sites for hydroxylation is 1. The highest BCUT2D eigenvalue weighted by Gasteiger charge is 2.39. The molecule has 0 heterocycles. The number of sulfonamides is 1. The van der Waals surface area contributed by atoms with Gasteiger partial charge in [0.2, 0.25) is 10.0 Å². The molecule has 0 atom stereocenters. The summed E-state index contributed by atoms with van der Waals surface area (Å²) >= 11 is 0. The molecule has 2 aromatic carbocycles. The number of benzene rings is 2. The van der Waals surface area contributed by atoms with Crippen molar-refractivity contribution in [2.45, 2.75) is 37.2 Å². The Kier molecular flexibility index (Phi) is 6.14. The van der Waals surface area contributed by atoms with Gasteiger partial charge in [0.15, 0.2) is 0 Å². The van der Waals surface area contributed by atoms with Gasteiger partial charge >= 0.3 is 5.97 Å². The van der Waals surface area contributed by atoms with Gasteiger partial charge in [-0.05, 0) is 55.7 Å². The Hall–Kier alpha value is -2.58. The molecule has 2 aromatic rings. The molecule has 0 N–H and O–H groups in total. The van der Waals surface area contributed by atoms with Crippen LogP contribution in [0.5, 0.6) is 11.5 Å². The predicted octanol–water partition coefficient (Wildman–Crippen LogP) is 3.15. The maximum absolute atomic E-state index is 13.6. The number of methoxy groups -OCH3 is 3. The van der Waals surface area contributed by atoms with Crippen LogP contribution >= 0.6 is 0 Å². The summed E-state index contributed by atoms with van der Waals surface area (Å²) in [5.41, 5.74) is 1.48. The lowest BCUT2D eigenvalue weighted by molar-refractivity contribution is 0.0600. The molecule has 0 aliphatic heterocycles. The zero-order chi connectivity index (χ0) is 21.2. The SMILES string of the molecule is COC(=O)c1ccc(C)c(S(=O)(=O)N(Cc2cc(OC)ccc2OC)C2CC2)c1. The summed E-state index contributed by atoms with van der Waals surface area (Å²) in [5, 5.41) is 0. The average molecular weight is 419 g/mol. The summed E-state index contributed by atoms with van der Waals surface area (Å²) in [7, 11) is 0.525. The Labute approximate surface area is 171 Å². The molecule has 0 saturated heterocycles. The van der Waals surface area contributed by atoms with Gasteiger partial charge in [-0.25, -0.2) is 13.2 Å². The average Bonchev–Trinajstić information content (AvgIpc) is 3.56. The van der Waals surface area contributed by atoms with Crippen molar-refractivity contribution in [2.75, 3.05) is 21.3 Å². The van der Waals surface area contributed by atoms with Gasteiger partial charge in [-0.15, -0.1) is 0 Å². The van der Waals surface area contributed by atoms with Gasteiger partial charge in [0, 0.05) is 18.2 Å². The van der Waals surface area contributed by atoms with Crippen LogP contribution in [0.15, 0.2) is 41.3 Å². The Morgan fingerprint density at radius 2 is 1.79 bits per heavy atom. The Morgan fingerprint density at radius 1 is 1.07 bits per heavy atom. The second-order valence-electron chi connectivity index (χ2n) is 6.93. The Morgan fingerprint density at radius 3 is 2.38 bits per heavy atom.